The highest BCUT2D eigenvalue weighted by Gasteiger charge is 1.99. The molecule has 0 spiro atoms. The van der Waals surface area contributed by atoms with Crippen LogP contribution in [0.1, 0.15) is 66.7 Å². The Morgan fingerprint density at radius 2 is 1.88 bits per heavy atom. The van der Waals surface area contributed by atoms with Gasteiger partial charge in [-0.25, -0.2) is 0 Å². The summed E-state index contributed by atoms with van der Waals surface area (Å²) in [5, 5.41) is 0. The van der Waals surface area contributed by atoms with Crippen molar-refractivity contribution in [1.82, 2.24) is 0 Å². The fourth-order valence-corrected chi connectivity index (χ4v) is 1.18. The van der Waals surface area contributed by atoms with Gasteiger partial charge in [-0.05, 0) is 26.2 Å². The Labute approximate surface area is 103 Å². The fraction of sp³-hybridized carbons (Fsp3) is 0.625. The first-order valence-corrected chi connectivity index (χ1v) is 6.74. The molecule has 0 fully saturated rings. The number of hydrogen-bond donors (Lipinski definition) is 0. The molecule has 0 radical (unpaired) electrons. The van der Waals surface area contributed by atoms with Gasteiger partial charge in [0.1, 0.15) is 0 Å². The third-order valence-electron chi connectivity index (χ3n) is 2.31. The zero-order valence-corrected chi connectivity index (χ0v) is 12.0. The van der Waals surface area contributed by atoms with Gasteiger partial charge < -0.3 is 0 Å². The molecule has 0 nitrogen and oxygen atoms in total. The van der Waals surface area contributed by atoms with Crippen LogP contribution >= 0.6 is 0 Å². The van der Waals surface area contributed by atoms with Gasteiger partial charge in [0, 0.05) is 0 Å². The largest absolute Gasteiger partial charge is 0.0988 e. The molecule has 0 N–H and O–H groups in total. The van der Waals surface area contributed by atoms with E-state index in [1.54, 1.807) is 0 Å². The van der Waals surface area contributed by atoms with Crippen LogP contribution in [0.5, 0.6) is 0 Å². The molecule has 1 aliphatic carbocycles. The number of unbranched alkanes of at least 4 members (excludes halogenated alkanes) is 1. The standard InChI is InChI=1S/C10H14.C4H10.C2H6/c1-3-9(2)8-10-6-4-5-7-10;1-3-4-2;1-2/h3,6,8H,1,4-5,7H2,2H3;3-4H2,1-2H3;1-2H3/b9-8-;;. The minimum atomic E-state index is 1.26. The Bertz CT molecular complexity index is 204. The Morgan fingerprint density at radius 3 is 2.19 bits per heavy atom. The summed E-state index contributed by atoms with van der Waals surface area (Å²) in [6.45, 7) is 14.2. The lowest BCUT2D eigenvalue weighted by Gasteiger charge is -1.92. The Morgan fingerprint density at radius 1 is 1.31 bits per heavy atom. The zero-order valence-electron chi connectivity index (χ0n) is 12.0. The molecule has 0 aromatic heterocycles. The van der Waals surface area contributed by atoms with Crippen LogP contribution in [0.4, 0.5) is 0 Å². The maximum atomic E-state index is 3.71. The monoisotopic (exact) mass is 222 g/mol. The van der Waals surface area contributed by atoms with E-state index in [1.165, 1.54) is 43.3 Å². The fourth-order valence-electron chi connectivity index (χ4n) is 1.18. The highest BCUT2D eigenvalue weighted by atomic mass is 14.1. The van der Waals surface area contributed by atoms with Crippen molar-refractivity contribution in [2.24, 2.45) is 0 Å². The second kappa shape index (κ2) is 14.2. The van der Waals surface area contributed by atoms with Gasteiger partial charge in [0.2, 0.25) is 0 Å². The van der Waals surface area contributed by atoms with Crippen LogP contribution < -0.4 is 0 Å². The molecule has 94 valence electrons. The minimum absolute atomic E-state index is 1.26. The van der Waals surface area contributed by atoms with Gasteiger partial charge in [-0.15, -0.1) is 0 Å². The predicted molar refractivity (Wildman–Crippen MR) is 77.8 cm³/mol. The maximum Gasteiger partial charge on any atom is -0.0279 e. The topological polar surface area (TPSA) is 0 Å². The summed E-state index contributed by atoms with van der Waals surface area (Å²) in [6.07, 6.45) is 12.9. The highest BCUT2D eigenvalue weighted by Crippen LogP contribution is 2.19. The minimum Gasteiger partial charge on any atom is -0.0988 e. The van der Waals surface area contributed by atoms with E-state index in [0.29, 0.717) is 0 Å². The number of allylic oxidation sites excluding steroid dienone is 5. The van der Waals surface area contributed by atoms with Gasteiger partial charge >= 0.3 is 0 Å². The maximum absolute atomic E-state index is 3.71. The van der Waals surface area contributed by atoms with E-state index in [9.17, 15) is 0 Å². The molecule has 0 bridgehead atoms. The lowest BCUT2D eigenvalue weighted by molar-refractivity contribution is 0.886. The second-order valence-corrected chi connectivity index (χ2v) is 3.76. The van der Waals surface area contributed by atoms with Crippen LogP contribution in [-0.2, 0) is 0 Å². The molecule has 0 saturated carbocycles. The first-order valence-electron chi connectivity index (χ1n) is 6.74. The molecule has 0 atom stereocenters. The van der Waals surface area contributed by atoms with E-state index in [-0.39, 0.29) is 0 Å². The van der Waals surface area contributed by atoms with Crippen molar-refractivity contribution < 1.29 is 0 Å². The Hall–Kier alpha value is -0.780. The summed E-state index contributed by atoms with van der Waals surface area (Å²) in [5.41, 5.74) is 2.76. The molecular formula is C16H30. The molecule has 0 aromatic carbocycles. The molecule has 0 aliphatic heterocycles. The SMILES string of the molecule is C=C/C(C)=C\C1=CCCC1.CC.CCCC. The van der Waals surface area contributed by atoms with Crippen LogP contribution in [0.15, 0.2) is 36.0 Å². The van der Waals surface area contributed by atoms with Crippen molar-refractivity contribution in [3.05, 3.63) is 36.0 Å². The van der Waals surface area contributed by atoms with E-state index in [0.717, 1.165) is 0 Å². The first-order chi connectivity index (χ1) is 7.74. The predicted octanol–water partition coefficient (Wildman–Crippen LogP) is 6.06. The van der Waals surface area contributed by atoms with Crippen molar-refractivity contribution in [3.8, 4) is 0 Å². The molecule has 0 heterocycles. The number of hydrogen-bond acceptors (Lipinski definition) is 0. The van der Waals surface area contributed by atoms with E-state index >= 15 is 0 Å². The van der Waals surface area contributed by atoms with Crippen molar-refractivity contribution in [2.75, 3.05) is 0 Å². The number of rotatable bonds is 3. The van der Waals surface area contributed by atoms with Crippen LogP contribution in [0.25, 0.3) is 0 Å². The lowest BCUT2D eigenvalue weighted by atomic mass is 10.1. The summed E-state index contributed by atoms with van der Waals surface area (Å²) in [7, 11) is 0. The van der Waals surface area contributed by atoms with E-state index in [1.807, 2.05) is 19.9 Å². The van der Waals surface area contributed by atoms with Crippen molar-refractivity contribution in [1.29, 1.82) is 0 Å². The molecule has 0 amide bonds. The summed E-state index contributed by atoms with van der Waals surface area (Å²) in [6, 6.07) is 0. The van der Waals surface area contributed by atoms with E-state index < -0.39 is 0 Å². The molecule has 1 rings (SSSR count). The van der Waals surface area contributed by atoms with E-state index in [2.05, 4.69) is 39.5 Å². The summed E-state index contributed by atoms with van der Waals surface area (Å²) < 4.78 is 0. The van der Waals surface area contributed by atoms with Crippen molar-refractivity contribution in [3.63, 3.8) is 0 Å². The lowest BCUT2D eigenvalue weighted by Crippen LogP contribution is -1.72. The normalized spacial score (nSPS) is 14.1. The summed E-state index contributed by atoms with van der Waals surface area (Å²) in [4.78, 5) is 0. The second-order valence-electron chi connectivity index (χ2n) is 3.76. The molecule has 0 unspecified atom stereocenters. The molecule has 0 saturated heterocycles. The van der Waals surface area contributed by atoms with Gasteiger partial charge in [0.05, 0.1) is 0 Å². The quantitative estimate of drug-likeness (QED) is 0.509. The van der Waals surface area contributed by atoms with Crippen LogP contribution in [0, 0.1) is 0 Å². The van der Waals surface area contributed by atoms with Gasteiger partial charge in [0.15, 0.2) is 0 Å². The van der Waals surface area contributed by atoms with Gasteiger partial charge in [-0.1, -0.05) is 76.5 Å². The molecule has 16 heavy (non-hydrogen) atoms. The van der Waals surface area contributed by atoms with Crippen LogP contribution in [-0.4, -0.2) is 0 Å². The Kier molecular flexibility index (Phi) is 15.7. The molecule has 1 aliphatic rings. The van der Waals surface area contributed by atoms with Crippen molar-refractivity contribution in [2.45, 2.75) is 66.7 Å². The van der Waals surface area contributed by atoms with Gasteiger partial charge in [0.25, 0.3) is 0 Å². The third kappa shape index (κ3) is 11.3. The Balaban J connectivity index is 0. The van der Waals surface area contributed by atoms with Crippen LogP contribution in [0.3, 0.4) is 0 Å². The first kappa shape index (κ1) is 17.6. The van der Waals surface area contributed by atoms with Crippen molar-refractivity contribution >= 4 is 0 Å². The van der Waals surface area contributed by atoms with Crippen LogP contribution in [0.2, 0.25) is 0 Å². The smallest absolute Gasteiger partial charge is 0.0279 e. The molecule has 0 heteroatoms. The average Bonchev–Trinajstić information content (AvgIpc) is 2.84. The molecular weight excluding hydrogens is 192 g/mol. The summed E-state index contributed by atoms with van der Waals surface area (Å²) in [5.74, 6) is 0. The average molecular weight is 222 g/mol. The molecule has 0 aromatic rings. The van der Waals surface area contributed by atoms with Gasteiger partial charge in [-0.3, -0.25) is 0 Å². The highest BCUT2D eigenvalue weighted by molar-refractivity contribution is 5.29. The summed E-state index contributed by atoms with van der Waals surface area (Å²) >= 11 is 0. The van der Waals surface area contributed by atoms with Gasteiger partial charge in [-0.2, -0.15) is 0 Å². The third-order valence-corrected chi connectivity index (χ3v) is 2.31. The van der Waals surface area contributed by atoms with E-state index in [4.69, 9.17) is 0 Å². The zero-order chi connectivity index (χ0) is 12.8.